The van der Waals surface area contributed by atoms with Gasteiger partial charge in [0.1, 0.15) is 28.7 Å². The predicted octanol–water partition coefficient (Wildman–Crippen LogP) is 9.62. The highest BCUT2D eigenvalue weighted by Crippen LogP contribution is 2.43. The quantitative estimate of drug-likeness (QED) is 0.149. The lowest BCUT2D eigenvalue weighted by Crippen LogP contribution is -2.37. The van der Waals surface area contributed by atoms with Crippen molar-refractivity contribution >= 4 is 0 Å². The largest absolute Gasteiger partial charge is 0.453 e. The van der Waals surface area contributed by atoms with Gasteiger partial charge in [0.05, 0.1) is 5.92 Å². The molecule has 2 aromatic rings. The smallest absolute Gasteiger partial charge is 0.432 e. The molecule has 0 N–H and O–H groups in total. The first-order valence-corrected chi connectivity index (χ1v) is 12.1. The van der Waals surface area contributed by atoms with Crippen molar-refractivity contribution in [3.8, 4) is 17.2 Å². The van der Waals surface area contributed by atoms with E-state index in [-0.39, 0.29) is 49.3 Å². The SMILES string of the molecule is CC=CCCC1CCC(C(F)(F)Oc2cc(F)c(C(F)(F)Oc3cc(F)c(OC=C(F)F)c(F)c3)c(F)c2)CC1. The van der Waals surface area contributed by atoms with Crippen LogP contribution in [0.3, 0.4) is 0 Å². The molecule has 0 aliphatic heterocycles. The zero-order valence-corrected chi connectivity index (χ0v) is 20.9. The Balaban J connectivity index is 1.73. The minimum Gasteiger partial charge on any atom is -0.453 e. The second kappa shape index (κ2) is 12.9. The van der Waals surface area contributed by atoms with E-state index in [1.165, 1.54) is 0 Å². The summed E-state index contributed by atoms with van der Waals surface area (Å²) in [5.41, 5.74) is -2.05. The molecule has 1 aliphatic carbocycles. The Morgan fingerprint density at radius 2 is 1.35 bits per heavy atom. The Morgan fingerprint density at radius 1 is 0.825 bits per heavy atom. The van der Waals surface area contributed by atoms with Gasteiger partial charge in [-0.05, 0) is 51.4 Å². The Kier molecular flexibility index (Phi) is 10.0. The fraction of sp³-hybridized carbons (Fsp3) is 0.407. The highest BCUT2D eigenvalue weighted by molar-refractivity contribution is 5.37. The Hall–Kier alpha value is -3.38. The number of halogens is 10. The number of hydrogen-bond donors (Lipinski definition) is 0. The van der Waals surface area contributed by atoms with Gasteiger partial charge in [-0.15, -0.1) is 0 Å². The van der Waals surface area contributed by atoms with E-state index < -0.39 is 70.3 Å². The first-order valence-electron chi connectivity index (χ1n) is 12.1. The van der Waals surface area contributed by atoms with Gasteiger partial charge in [0.15, 0.2) is 23.6 Å². The molecule has 3 rings (SSSR count). The van der Waals surface area contributed by atoms with E-state index in [0.29, 0.717) is 12.8 Å². The standard InChI is InChI=1S/C27H24F10O3/c1-2-3-4-5-15-6-8-16(9-7-15)26(34,35)39-17-10-19(28)24(20(29)11-17)27(36,37)40-18-12-21(30)25(22(31)13-18)38-14-23(32)33/h2-3,10-16H,4-9H2,1H3. The van der Waals surface area contributed by atoms with Crippen LogP contribution in [-0.2, 0) is 6.11 Å². The van der Waals surface area contributed by atoms with E-state index >= 15 is 0 Å². The van der Waals surface area contributed by atoms with Gasteiger partial charge >= 0.3 is 18.3 Å². The summed E-state index contributed by atoms with van der Waals surface area (Å²) in [6.07, 6.45) is -4.77. The van der Waals surface area contributed by atoms with Crippen molar-refractivity contribution in [2.45, 2.75) is 57.7 Å². The summed E-state index contributed by atoms with van der Waals surface area (Å²) in [7, 11) is 0. The van der Waals surface area contributed by atoms with Crippen LogP contribution >= 0.6 is 0 Å². The molecule has 0 spiro atoms. The van der Waals surface area contributed by atoms with Gasteiger partial charge in [0.2, 0.25) is 0 Å². The number of alkyl halides is 4. The molecule has 1 fully saturated rings. The predicted molar refractivity (Wildman–Crippen MR) is 123 cm³/mol. The molecule has 13 heteroatoms. The molecular weight excluding hydrogens is 562 g/mol. The molecule has 2 aromatic carbocycles. The summed E-state index contributed by atoms with van der Waals surface area (Å²) >= 11 is 0. The molecule has 0 unspecified atom stereocenters. The van der Waals surface area contributed by atoms with Crippen LogP contribution < -0.4 is 14.2 Å². The summed E-state index contributed by atoms with van der Waals surface area (Å²) < 4.78 is 152. The monoisotopic (exact) mass is 586 g/mol. The molecule has 1 aliphatic rings. The normalized spacial score (nSPS) is 18.1. The van der Waals surface area contributed by atoms with Gasteiger partial charge in [0, 0.05) is 24.3 Å². The van der Waals surface area contributed by atoms with Crippen molar-refractivity contribution < 1.29 is 58.1 Å². The zero-order valence-electron chi connectivity index (χ0n) is 20.9. The average molecular weight is 586 g/mol. The maximum atomic E-state index is 14.7. The average Bonchev–Trinajstić information content (AvgIpc) is 2.82. The molecule has 3 nitrogen and oxygen atoms in total. The first-order chi connectivity index (χ1) is 18.7. The van der Waals surface area contributed by atoms with Crippen LogP contribution in [-0.4, -0.2) is 6.11 Å². The molecule has 40 heavy (non-hydrogen) atoms. The third-order valence-electron chi connectivity index (χ3n) is 6.34. The van der Waals surface area contributed by atoms with Crippen molar-refractivity contribution in [1.29, 1.82) is 0 Å². The van der Waals surface area contributed by atoms with E-state index in [0.717, 1.165) is 12.8 Å². The summed E-state index contributed by atoms with van der Waals surface area (Å²) in [4.78, 5) is 0. The third kappa shape index (κ3) is 7.85. The second-order valence-electron chi connectivity index (χ2n) is 9.15. The van der Waals surface area contributed by atoms with Gasteiger partial charge in [-0.25, -0.2) is 17.6 Å². The van der Waals surface area contributed by atoms with Gasteiger partial charge in [-0.3, -0.25) is 0 Å². The van der Waals surface area contributed by atoms with Crippen molar-refractivity contribution in [2.24, 2.45) is 11.8 Å². The van der Waals surface area contributed by atoms with Crippen LogP contribution in [0.5, 0.6) is 17.2 Å². The van der Waals surface area contributed by atoms with Crippen LogP contribution in [0.4, 0.5) is 43.9 Å². The van der Waals surface area contributed by atoms with Gasteiger partial charge < -0.3 is 14.2 Å². The molecule has 220 valence electrons. The highest BCUT2D eigenvalue weighted by atomic mass is 19.3. The van der Waals surface area contributed by atoms with Crippen LogP contribution in [0.25, 0.3) is 0 Å². The Labute approximate surface area is 223 Å². The number of rotatable bonds is 11. The molecule has 0 saturated heterocycles. The molecule has 1 saturated carbocycles. The molecule has 0 aromatic heterocycles. The lowest BCUT2D eigenvalue weighted by Gasteiger charge is -2.33. The van der Waals surface area contributed by atoms with Gasteiger partial charge in [-0.1, -0.05) is 12.2 Å². The van der Waals surface area contributed by atoms with Crippen molar-refractivity contribution in [3.05, 3.63) is 77.6 Å². The van der Waals surface area contributed by atoms with Crippen molar-refractivity contribution in [3.63, 3.8) is 0 Å². The summed E-state index contributed by atoms with van der Waals surface area (Å²) in [5, 5.41) is 0. The van der Waals surface area contributed by atoms with Crippen molar-refractivity contribution in [1.82, 2.24) is 0 Å². The Morgan fingerprint density at radius 3 is 1.88 bits per heavy atom. The van der Waals surface area contributed by atoms with E-state index in [2.05, 4.69) is 14.2 Å². The maximum absolute atomic E-state index is 14.7. The second-order valence-corrected chi connectivity index (χ2v) is 9.15. The summed E-state index contributed by atoms with van der Waals surface area (Å²) in [5.74, 6) is -12.3. The number of ether oxygens (including phenoxy) is 3. The minimum atomic E-state index is -4.90. The van der Waals surface area contributed by atoms with Crippen LogP contribution in [0, 0.1) is 35.1 Å². The lowest BCUT2D eigenvalue weighted by atomic mass is 9.79. The maximum Gasteiger partial charge on any atom is 0.432 e. The Bertz CT molecular complexity index is 1190. The lowest BCUT2D eigenvalue weighted by molar-refractivity contribution is -0.223. The first kappa shape index (κ1) is 31.2. The van der Waals surface area contributed by atoms with E-state index in [9.17, 15) is 43.9 Å². The van der Waals surface area contributed by atoms with E-state index in [4.69, 9.17) is 0 Å². The number of hydrogen-bond acceptors (Lipinski definition) is 3. The third-order valence-corrected chi connectivity index (χ3v) is 6.34. The van der Waals surface area contributed by atoms with Crippen LogP contribution in [0.15, 0.2) is 48.8 Å². The molecule has 0 amide bonds. The van der Waals surface area contributed by atoms with Crippen LogP contribution in [0.2, 0.25) is 0 Å². The topological polar surface area (TPSA) is 27.7 Å². The fourth-order valence-electron chi connectivity index (χ4n) is 4.42. The zero-order chi connectivity index (χ0) is 29.7. The van der Waals surface area contributed by atoms with E-state index in [1.54, 1.807) is 0 Å². The fourth-order valence-corrected chi connectivity index (χ4v) is 4.42. The summed E-state index contributed by atoms with van der Waals surface area (Å²) in [6, 6.07) is 0.420. The minimum absolute atomic E-state index is 0.0957. The van der Waals surface area contributed by atoms with Gasteiger partial charge in [0.25, 0.3) is 0 Å². The molecular formula is C27H24F10O3. The highest BCUT2D eigenvalue weighted by Gasteiger charge is 2.45. The molecule has 0 atom stereocenters. The molecule has 0 bridgehead atoms. The number of allylic oxidation sites excluding steroid dienone is 2. The molecule has 0 heterocycles. The van der Waals surface area contributed by atoms with Crippen LogP contribution in [0.1, 0.15) is 51.0 Å². The number of benzene rings is 2. The molecule has 0 radical (unpaired) electrons. The summed E-state index contributed by atoms with van der Waals surface area (Å²) in [6.45, 7) is 1.87. The van der Waals surface area contributed by atoms with Crippen molar-refractivity contribution in [2.75, 3.05) is 0 Å². The van der Waals surface area contributed by atoms with E-state index in [1.807, 2.05) is 19.1 Å². The van der Waals surface area contributed by atoms with Gasteiger partial charge in [-0.2, -0.15) is 26.3 Å².